The van der Waals surface area contributed by atoms with Gasteiger partial charge in [-0.25, -0.2) is 0 Å². The molecule has 86 valence electrons. The highest BCUT2D eigenvalue weighted by Gasteiger charge is 2.19. The van der Waals surface area contributed by atoms with Crippen LogP contribution >= 0.6 is 11.3 Å². The third kappa shape index (κ3) is 3.93. The Morgan fingerprint density at radius 1 is 1.33 bits per heavy atom. The van der Waals surface area contributed by atoms with Gasteiger partial charge in [0.2, 0.25) is 0 Å². The standard InChI is InChI=1S/C12H20O2S/c1-3-4-11(13)12(14)7-9(2)10-5-6-15-8-10/h5-6,8-9,11-14H,3-4,7H2,1-2H3. The Morgan fingerprint density at radius 3 is 2.60 bits per heavy atom. The molecule has 0 aliphatic heterocycles. The van der Waals surface area contributed by atoms with E-state index in [1.165, 1.54) is 5.56 Å². The lowest BCUT2D eigenvalue weighted by atomic mass is 9.94. The highest BCUT2D eigenvalue weighted by Crippen LogP contribution is 2.24. The Labute approximate surface area is 95.6 Å². The Hall–Kier alpha value is -0.380. The highest BCUT2D eigenvalue weighted by atomic mass is 32.1. The van der Waals surface area contributed by atoms with E-state index < -0.39 is 12.2 Å². The smallest absolute Gasteiger partial charge is 0.0804 e. The maximum Gasteiger partial charge on any atom is 0.0804 e. The Bertz CT molecular complexity index is 259. The topological polar surface area (TPSA) is 40.5 Å². The number of rotatable bonds is 6. The summed E-state index contributed by atoms with van der Waals surface area (Å²) in [4.78, 5) is 0. The molecule has 3 heteroatoms. The summed E-state index contributed by atoms with van der Waals surface area (Å²) in [7, 11) is 0. The van der Waals surface area contributed by atoms with Crippen molar-refractivity contribution in [1.82, 2.24) is 0 Å². The number of aliphatic hydroxyl groups excluding tert-OH is 2. The molecule has 0 aliphatic carbocycles. The van der Waals surface area contributed by atoms with E-state index in [4.69, 9.17) is 0 Å². The molecule has 1 aromatic heterocycles. The third-order valence-corrected chi connectivity index (χ3v) is 3.44. The normalized spacial score (nSPS) is 17.3. The fraction of sp³-hybridized carbons (Fsp3) is 0.667. The van der Waals surface area contributed by atoms with Gasteiger partial charge in [-0.3, -0.25) is 0 Å². The Morgan fingerprint density at radius 2 is 2.07 bits per heavy atom. The van der Waals surface area contributed by atoms with Gasteiger partial charge in [-0.1, -0.05) is 20.3 Å². The van der Waals surface area contributed by atoms with Crippen molar-refractivity contribution in [1.29, 1.82) is 0 Å². The van der Waals surface area contributed by atoms with E-state index in [-0.39, 0.29) is 0 Å². The average Bonchev–Trinajstić information content (AvgIpc) is 2.70. The highest BCUT2D eigenvalue weighted by molar-refractivity contribution is 7.07. The molecule has 0 aliphatic rings. The fourth-order valence-electron chi connectivity index (χ4n) is 1.70. The zero-order valence-corrected chi connectivity index (χ0v) is 10.2. The molecule has 1 aromatic rings. The second-order valence-corrected chi connectivity index (χ2v) is 4.90. The van der Waals surface area contributed by atoms with Crippen molar-refractivity contribution in [3.63, 3.8) is 0 Å². The molecule has 3 atom stereocenters. The molecular weight excluding hydrogens is 208 g/mol. The van der Waals surface area contributed by atoms with Crippen LogP contribution in [0.4, 0.5) is 0 Å². The minimum absolute atomic E-state index is 0.317. The first-order chi connectivity index (χ1) is 7.15. The molecule has 0 bridgehead atoms. The molecule has 1 rings (SSSR count). The van der Waals surface area contributed by atoms with Crippen LogP contribution in [-0.2, 0) is 0 Å². The second kappa shape index (κ2) is 6.26. The first-order valence-electron chi connectivity index (χ1n) is 5.53. The molecule has 2 N–H and O–H groups in total. The Kier molecular flexibility index (Phi) is 5.29. The molecule has 3 unspecified atom stereocenters. The lowest BCUT2D eigenvalue weighted by Gasteiger charge is -2.20. The third-order valence-electron chi connectivity index (χ3n) is 2.74. The molecule has 0 spiro atoms. The SMILES string of the molecule is CCCC(O)C(O)CC(C)c1ccsc1. The minimum atomic E-state index is -0.597. The fourth-order valence-corrected chi connectivity index (χ4v) is 2.48. The largest absolute Gasteiger partial charge is 0.390 e. The van der Waals surface area contributed by atoms with Crippen LogP contribution in [0.2, 0.25) is 0 Å². The van der Waals surface area contributed by atoms with Gasteiger partial charge < -0.3 is 10.2 Å². The van der Waals surface area contributed by atoms with Crippen LogP contribution in [0.1, 0.15) is 44.6 Å². The van der Waals surface area contributed by atoms with Crippen molar-refractivity contribution in [2.24, 2.45) is 0 Å². The van der Waals surface area contributed by atoms with Crippen LogP contribution in [-0.4, -0.2) is 22.4 Å². The lowest BCUT2D eigenvalue weighted by molar-refractivity contribution is 0.00639. The van der Waals surface area contributed by atoms with Gasteiger partial charge in [0.15, 0.2) is 0 Å². The van der Waals surface area contributed by atoms with Crippen LogP contribution in [0.5, 0.6) is 0 Å². The van der Waals surface area contributed by atoms with Crippen molar-refractivity contribution in [2.75, 3.05) is 0 Å². The van der Waals surface area contributed by atoms with Crippen LogP contribution in [0, 0.1) is 0 Å². The molecule has 0 saturated carbocycles. The second-order valence-electron chi connectivity index (χ2n) is 4.12. The summed E-state index contributed by atoms with van der Waals surface area (Å²) in [5.74, 6) is 0.317. The van der Waals surface area contributed by atoms with E-state index in [1.807, 2.05) is 12.3 Å². The molecule has 0 aromatic carbocycles. The molecule has 0 saturated heterocycles. The van der Waals surface area contributed by atoms with Gasteiger partial charge in [0.05, 0.1) is 12.2 Å². The molecule has 0 amide bonds. The van der Waals surface area contributed by atoms with Crippen LogP contribution in [0.15, 0.2) is 16.8 Å². The number of hydrogen-bond donors (Lipinski definition) is 2. The molecule has 2 nitrogen and oxygen atoms in total. The van der Waals surface area contributed by atoms with Crippen LogP contribution in [0.25, 0.3) is 0 Å². The van der Waals surface area contributed by atoms with Crippen molar-refractivity contribution < 1.29 is 10.2 Å². The maximum atomic E-state index is 9.77. The van der Waals surface area contributed by atoms with Gasteiger partial charge in [0.1, 0.15) is 0 Å². The summed E-state index contributed by atoms with van der Waals surface area (Å²) in [5, 5.41) is 23.5. The predicted octanol–water partition coefficient (Wildman–Crippen LogP) is 2.76. The molecular formula is C12H20O2S. The number of thiophene rings is 1. The van der Waals surface area contributed by atoms with E-state index in [0.29, 0.717) is 18.8 Å². The van der Waals surface area contributed by atoms with Gasteiger partial charge in [0, 0.05) is 0 Å². The molecule has 1 heterocycles. The monoisotopic (exact) mass is 228 g/mol. The summed E-state index contributed by atoms with van der Waals surface area (Å²) in [5.41, 5.74) is 1.25. The maximum absolute atomic E-state index is 9.77. The zero-order valence-electron chi connectivity index (χ0n) is 9.39. The van der Waals surface area contributed by atoms with Crippen molar-refractivity contribution in [2.45, 2.75) is 51.2 Å². The summed E-state index contributed by atoms with van der Waals surface area (Å²) in [6.07, 6.45) is 1.05. The zero-order chi connectivity index (χ0) is 11.3. The van der Waals surface area contributed by atoms with E-state index in [2.05, 4.69) is 18.4 Å². The van der Waals surface area contributed by atoms with E-state index in [1.54, 1.807) is 11.3 Å². The summed E-state index contributed by atoms with van der Waals surface area (Å²) in [6, 6.07) is 2.08. The number of aliphatic hydroxyl groups is 2. The summed E-state index contributed by atoms with van der Waals surface area (Å²) in [6.45, 7) is 4.10. The Balaban J connectivity index is 2.40. The van der Waals surface area contributed by atoms with Gasteiger partial charge in [0.25, 0.3) is 0 Å². The summed E-state index contributed by atoms with van der Waals surface area (Å²) < 4.78 is 0. The molecule has 0 fully saturated rings. The number of hydrogen-bond acceptors (Lipinski definition) is 3. The molecule has 15 heavy (non-hydrogen) atoms. The van der Waals surface area contributed by atoms with Crippen molar-refractivity contribution >= 4 is 11.3 Å². The first-order valence-corrected chi connectivity index (χ1v) is 6.47. The van der Waals surface area contributed by atoms with E-state index in [0.717, 1.165) is 6.42 Å². The van der Waals surface area contributed by atoms with Gasteiger partial charge >= 0.3 is 0 Å². The summed E-state index contributed by atoms with van der Waals surface area (Å²) >= 11 is 1.67. The van der Waals surface area contributed by atoms with E-state index >= 15 is 0 Å². The first kappa shape index (κ1) is 12.7. The van der Waals surface area contributed by atoms with Gasteiger partial charge in [-0.05, 0) is 41.1 Å². The molecule has 0 radical (unpaired) electrons. The lowest BCUT2D eigenvalue weighted by Crippen LogP contribution is -2.27. The van der Waals surface area contributed by atoms with Crippen molar-refractivity contribution in [3.8, 4) is 0 Å². The quantitative estimate of drug-likeness (QED) is 0.786. The average molecular weight is 228 g/mol. The van der Waals surface area contributed by atoms with Gasteiger partial charge in [-0.15, -0.1) is 0 Å². The van der Waals surface area contributed by atoms with E-state index in [9.17, 15) is 10.2 Å². The van der Waals surface area contributed by atoms with Crippen LogP contribution < -0.4 is 0 Å². The minimum Gasteiger partial charge on any atom is -0.390 e. The van der Waals surface area contributed by atoms with Crippen LogP contribution in [0.3, 0.4) is 0 Å². The van der Waals surface area contributed by atoms with Gasteiger partial charge in [-0.2, -0.15) is 11.3 Å². The predicted molar refractivity (Wildman–Crippen MR) is 64.3 cm³/mol. The van der Waals surface area contributed by atoms with Crippen molar-refractivity contribution in [3.05, 3.63) is 22.4 Å².